The Morgan fingerprint density at radius 1 is 1.47 bits per heavy atom. The number of carbonyl (C=O) groups excluding carboxylic acids is 1. The minimum atomic E-state index is -0.264. The summed E-state index contributed by atoms with van der Waals surface area (Å²) in [6, 6.07) is 0.285. The Bertz CT molecular complexity index is 197. The molecule has 2 aliphatic heterocycles. The van der Waals surface area contributed by atoms with E-state index in [1.54, 1.807) is 4.90 Å². The van der Waals surface area contributed by atoms with Crippen LogP contribution in [0.1, 0.15) is 13.8 Å². The summed E-state index contributed by atoms with van der Waals surface area (Å²) in [5.41, 5.74) is 0. The number of methoxy groups -OCH3 is 1. The molecule has 5 nitrogen and oxygen atoms in total. The summed E-state index contributed by atoms with van der Waals surface area (Å²) >= 11 is 0. The highest BCUT2D eigenvalue weighted by Crippen LogP contribution is 2.16. The minimum absolute atomic E-state index is 0.146. The molecule has 1 amide bonds. The second-order valence-electron chi connectivity index (χ2n) is 3.34. The number of morpholine rings is 1. The van der Waals surface area contributed by atoms with Gasteiger partial charge < -0.3 is 19.7 Å². The van der Waals surface area contributed by atoms with Crippen LogP contribution in [0.5, 0.6) is 0 Å². The fourth-order valence-electron chi connectivity index (χ4n) is 1.87. The zero-order chi connectivity index (χ0) is 11.3. The van der Waals surface area contributed by atoms with E-state index >= 15 is 0 Å². The molecule has 0 aliphatic carbocycles. The van der Waals surface area contributed by atoms with Crippen molar-refractivity contribution in [1.82, 2.24) is 10.2 Å². The van der Waals surface area contributed by atoms with Gasteiger partial charge in [-0.1, -0.05) is 13.8 Å². The molecule has 2 fully saturated rings. The van der Waals surface area contributed by atoms with Crippen LogP contribution in [0.4, 0.5) is 4.79 Å². The van der Waals surface area contributed by atoms with Gasteiger partial charge in [0.25, 0.3) is 0 Å². The van der Waals surface area contributed by atoms with E-state index in [0.29, 0.717) is 13.1 Å². The highest BCUT2D eigenvalue weighted by Gasteiger charge is 2.37. The van der Waals surface area contributed by atoms with E-state index in [9.17, 15) is 4.79 Å². The van der Waals surface area contributed by atoms with Gasteiger partial charge in [0.1, 0.15) is 0 Å². The lowest BCUT2D eigenvalue weighted by atomic mass is 10.2. The van der Waals surface area contributed by atoms with Crippen molar-refractivity contribution in [1.29, 1.82) is 0 Å². The number of ether oxygens (including phenoxy) is 2. The van der Waals surface area contributed by atoms with Gasteiger partial charge in [0, 0.05) is 13.1 Å². The molecule has 0 saturated carbocycles. The zero-order valence-electron chi connectivity index (χ0n) is 9.66. The monoisotopic (exact) mass is 216 g/mol. The number of nitrogens with zero attached hydrogens (tertiary/aromatic N) is 1. The lowest BCUT2D eigenvalue weighted by Crippen LogP contribution is -2.47. The first kappa shape index (κ1) is 12.3. The molecule has 0 spiro atoms. The predicted octanol–water partition coefficient (Wildman–Crippen LogP) is 0.452. The Morgan fingerprint density at radius 3 is 2.80 bits per heavy atom. The van der Waals surface area contributed by atoms with E-state index in [0.717, 1.165) is 13.2 Å². The topological polar surface area (TPSA) is 50.8 Å². The van der Waals surface area contributed by atoms with Crippen molar-refractivity contribution in [2.24, 2.45) is 0 Å². The standard InChI is InChI=1S/C8H14N2O3.C2H6/c1-12-8(11)10-4-6-7(5-10)13-3-2-9-6;1-2/h6-7,9H,2-5H2,1H3;1-2H3. The molecule has 5 heteroatoms. The first-order chi connectivity index (χ1) is 7.31. The Labute approximate surface area is 90.7 Å². The summed E-state index contributed by atoms with van der Waals surface area (Å²) in [5, 5.41) is 3.32. The average molecular weight is 216 g/mol. The third kappa shape index (κ3) is 2.82. The molecule has 2 saturated heterocycles. The number of carbonyl (C=O) groups is 1. The van der Waals surface area contributed by atoms with Gasteiger partial charge in [-0.2, -0.15) is 0 Å². The number of hydrogen-bond donors (Lipinski definition) is 1. The van der Waals surface area contributed by atoms with Gasteiger partial charge in [0.2, 0.25) is 0 Å². The summed E-state index contributed by atoms with van der Waals surface area (Å²) < 4.78 is 10.2. The lowest BCUT2D eigenvalue weighted by molar-refractivity contribution is 0.0176. The van der Waals surface area contributed by atoms with Crippen LogP contribution in [0, 0.1) is 0 Å². The van der Waals surface area contributed by atoms with Crippen molar-refractivity contribution in [3.05, 3.63) is 0 Å². The Balaban J connectivity index is 0.000000531. The Morgan fingerprint density at radius 2 is 2.20 bits per heavy atom. The third-order valence-corrected chi connectivity index (χ3v) is 2.54. The van der Waals surface area contributed by atoms with Gasteiger partial charge in [-0.25, -0.2) is 4.79 Å². The second kappa shape index (κ2) is 5.92. The molecule has 2 aliphatic rings. The van der Waals surface area contributed by atoms with Crippen molar-refractivity contribution in [3.63, 3.8) is 0 Å². The summed E-state index contributed by atoms with van der Waals surface area (Å²) in [6.07, 6.45) is -0.118. The van der Waals surface area contributed by atoms with E-state index in [4.69, 9.17) is 4.74 Å². The molecular weight excluding hydrogens is 196 g/mol. The maximum Gasteiger partial charge on any atom is 0.409 e. The van der Waals surface area contributed by atoms with Crippen molar-refractivity contribution in [3.8, 4) is 0 Å². The SMILES string of the molecule is CC.COC(=O)N1CC2NCCOC2C1. The van der Waals surface area contributed by atoms with Gasteiger partial charge in [-0.3, -0.25) is 0 Å². The molecule has 0 aromatic rings. The zero-order valence-corrected chi connectivity index (χ0v) is 9.66. The molecule has 2 atom stereocenters. The number of rotatable bonds is 0. The molecule has 15 heavy (non-hydrogen) atoms. The van der Waals surface area contributed by atoms with Crippen molar-refractivity contribution in [2.45, 2.75) is 26.0 Å². The molecule has 0 aromatic carbocycles. The number of hydrogen-bond acceptors (Lipinski definition) is 4. The fraction of sp³-hybridized carbons (Fsp3) is 0.900. The van der Waals surface area contributed by atoms with Crippen LogP contribution in [0.2, 0.25) is 0 Å². The molecule has 0 aromatic heterocycles. The average Bonchev–Trinajstić information content (AvgIpc) is 2.74. The van der Waals surface area contributed by atoms with Crippen molar-refractivity contribution >= 4 is 6.09 Å². The number of fused-ring (bicyclic) bond motifs is 1. The van der Waals surface area contributed by atoms with Crippen LogP contribution >= 0.6 is 0 Å². The van der Waals surface area contributed by atoms with Crippen LogP contribution in [0.3, 0.4) is 0 Å². The van der Waals surface area contributed by atoms with Crippen LogP contribution < -0.4 is 5.32 Å². The second-order valence-corrected chi connectivity index (χ2v) is 3.34. The molecule has 0 bridgehead atoms. The van der Waals surface area contributed by atoms with Crippen LogP contribution in [-0.4, -0.2) is 56.5 Å². The quantitative estimate of drug-likeness (QED) is 0.639. The van der Waals surface area contributed by atoms with Crippen molar-refractivity contribution in [2.75, 3.05) is 33.4 Å². The van der Waals surface area contributed by atoms with E-state index in [1.807, 2.05) is 13.8 Å². The van der Waals surface area contributed by atoms with Crippen LogP contribution in [0.15, 0.2) is 0 Å². The summed E-state index contributed by atoms with van der Waals surface area (Å²) in [7, 11) is 1.40. The summed E-state index contributed by atoms with van der Waals surface area (Å²) in [5.74, 6) is 0. The molecular formula is C10H20N2O3. The van der Waals surface area contributed by atoms with Crippen LogP contribution in [-0.2, 0) is 9.47 Å². The van der Waals surface area contributed by atoms with E-state index in [1.165, 1.54) is 7.11 Å². The Kier molecular flexibility index (Phi) is 4.84. The van der Waals surface area contributed by atoms with E-state index in [2.05, 4.69) is 10.1 Å². The lowest BCUT2D eigenvalue weighted by Gasteiger charge is -2.25. The van der Waals surface area contributed by atoms with Gasteiger partial charge in [0.15, 0.2) is 0 Å². The van der Waals surface area contributed by atoms with Crippen molar-refractivity contribution < 1.29 is 14.3 Å². The molecule has 88 valence electrons. The number of likely N-dealkylation sites (tertiary alicyclic amines) is 1. The maximum absolute atomic E-state index is 11.2. The highest BCUT2D eigenvalue weighted by atomic mass is 16.5. The number of nitrogens with one attached hydrogen (secondary N) is 1. The normalized spacial score (nSPS) is 28.9. The maximum atomic E-state index is 11.2. The molecule has 2 unspecified atom stereocenters. The summed E-state index contributed by atoms with van der Waals surface area (Å²) in [4.78, 5) is 12.9. The number of amides is 1. The van der Waals surface area contributed by atoms with Gasteiger partial charge >= 0.3 is 6.09 Å². The van der Waals surface area contributed by atoms with E-state index in [-0.39, 0.29) is 18.2 Å². The first-order valence-corrected chi connectivity index (χ1v) is 5.49. The van der Waals surface area contributed by atoms with Crippen LogP contribution in [0.25, 0.3) is 0 Å². The highest BCUT2D eigenvalue weighted by molar-refractivity contribution is 5.68. The summed E-state index contributed by atoms with van der Waals surface area (Å²) in [6.45, 7) is 6.94. The molecule has 2 heterocycles. The largest absolute Gasteiger partial charge is 0.453 e. The predicted molar refractivity (Wildman–Crippen MR) is 56.9 cm³/mol. The minimum Gasteiger partial charge on any atom is -0.453 e. The molecule has 2 rings (SSSR count). The van der Waals surface area contributed by atoms with Gasteiger partial charge in [-0.05, 0) is 0 Å². The smallest absolute Gasteiger partial charge is 0.409 e. The van der Waals surface area contributed by atoms with Gasteiger partial charge in [0.05, 0.1) is 32.4 Å². The fourth-order valence-corrected chi connectivity index (χ4v) is 1.87. The Hall–Kier alpha value is -0.810. The first-order valence-electron chi connectivity index (χ1n) is 5.49. The van der Waals surface area contributed by atoms with Gasteiger partial charge in [-0.15, -0.1) is 0 Å². The molecule has 1 N–H and O–H groups in total. The third-order valence-electron chi connectivity index (χ3n) is 2.54. The molecule has 0 radical (unpaired) electrons. The van der Waals surface area contributed by atoms with E-state index < -0.39 is 0 Å².